The van der Waals surface area contributed by atoms with E-state index in [1.807, 2.05) is 19.1 Å². The lowest BCUT2D eigenvalue weighted by molar-refractivity contribution is 0.511. The molecule has 14 heavy (non-hydrogen) atoms. The van der Waals surface area contributed by atoms with Crippen molar-refractivity contribution in [1.82, 2.24) is 0 Å². The van der Waals surface area contributed by atoms with Crippen LogP contribution in [0, 0.1) is 0 Å². The van der Waals surface area contributed by atoms with Gasteiger partial charge >= 0.3 is 0 Å². The molecule has 1 aromatic carbocycles. The van der Waals surface area contributed by atoms with Crippen molar-refractivity contribution in [3.63, 3.8) is 0 Å². The van der Waals surface area contributed by atoms with E-state index in [2.05, 4.69) is 19.1 Å². The minimum Gasteiger partial charge on any atom is -0.508 e. The summed E-state index contributed by atoms with van der Waals surface area (Å²) in [5.41, 5.74) is 2.24. The maximum absolute atomic E-state index is 9.46. The number of unbranched alkanes of at least 4 members (excludes halogenated alkanes) is 1. The number of rotatable bonds is 4. The monoisotopic (exact) mass is 190 g/mol. The average Bonchev–Trinajstić information content (AvgIpc) is 2.26. The van der Waals surface area contributed by atoms with Crippen LogP contribution >= 0.6 is 0 Å². The Hall–Kier alpha value is -1.24. The molecule has 0 saturated carbocycles. The van der Waals surface area contributed by atoms with Crippen LogP contribution in [-0.4, -0.2) is 5.11 Å². The number of allylic oxidation sites excluding steroid dienone is 1. The highest BCUT2D eigenvalue weighted by molar-refractivity contribution is 5.58. The van der Waals surface area contributed by atoms with Gasteiger partial charge in [-0.25, -0.2) is 0 Å². The van der Waals surface area contributed by atoms with E-state index in [-0.39, 0.29) is 0 Å². The normalized spacial score (nSPS) is 11.7. The molecule has 0 radical (unpaired) electrons. The Morgan fingerprint density at radius 2 is 1.93 bits per heavy atom. The Balaban J connectivity index is 2.68. The summed E-state index contributed by atoms with van der Waals surface area (Å²) in [6.07, 6.45) is 5.30. The van der Waals surface area contributed by atoms with Gasteiger partial charge in [-0.15, -0.1) is 0 Å². The number of aliphatic hydroxyl groups excluding tert-OH is 1. The van der Waals surface area contributed by atoms with Crippen molar-refractivity contribution in [3.8, 4) is 0 Å². The third kappa shape index (κ3) is 2.91. The van der Waals surface area contributed by atoms with E-state index in [0.29, 0.717) is 5.76 Å². The summed E-state index contributed by atoms with van der Waals surface area (Å²) < 4.78 is 0. The molecule has 1 aromatic rings. The molecule has 1 nitrogen and oxygen atoms in total. The van der Waals surface area contributed by atoms with Gasteiger partial charge in [0.2, 0.25) is 0 Å². The van der Waals surface area contributed by atoms with Gasteiger partial charge in [-0.3, -0.25) is 0 Å². The Bertz CT molecular complexity index is 296. The Morgan fingerprint density at radius 1 is 1.29 bits per heavy atom. The first-order valence-corrected chi connectivity index (χ1v) is 5.22. The van der Waals surface area contributed by atoms with E-state index in [1.54, 1.807) is 6.08 Å². The van der Waals surface area contributed by atoms with E-state index in [1.165, 1.54) is 18.4 Å². The van der Waals surface area contributed by atoms with E-state index in [4.69, 9.17) is 0 Å². The van der Waals surface area contributed by atoms with E-state index in [0.717, 1.165) is 12.0 Å². The van der Waals surface area contributed by atoms with Crippen molar-refractivity contribution in [2.24, 2.45) is 0 Å². The van der Waals surface area contributed by atoms with Crippen LogP contribution in [-0.2, 0) is 6.42 Å². The van der Waals surface area contributed by atoms with Crippen LogP contribution in [0.15, 0.2) is 30.3 Å². The van der Waals surface area contributed by atoms with Crippen LogP contribution in [0.4, 0.5) is 0 Å². The van der Waals surface area contributed by atoms with Crippen molar-refractivity contribution in [2.45, 2.75) is 33.1 Å². The highest BCUT2D eigenvalue weighted by Crippen LogP contribution is 2.13. The van der Waals surface area contributed by atoms with Crippen molar-refractivity contribution in [1.29, 1.82) is 0 Å². The second kappa shape index (κ2) is 5.48. The minimum atomic E-state index is 0.354. The average molecular weight is 190 g/mol. The van der Waals surface area contributed by atoms with Crippen LogP contribution in [0.5, 0.6) is 0 Å². The highest BCUT2D eigenvalue weighted by Gasteiger charge is 1.97. The van der Waals surface area contributed by atoms with Crippen LogP contribution < -0.4 is 0 Å². The van der Waals surface area contributed by atoms with Crippen molar-refractivity contribution in [3.05, 3.63) is 41.5 Å². The van der Waals surface area contributed by atoms with E-state index in [9.17, 15) is 5.11 Å². The van der Waals surface area contributed by atoms with Gasteiger partial charge in [0.1, 0.15) is 5.76 Å². The summed E-state index contributed by atoms with van der Waals surface area (Å²) in [6.45, 7) is 4.03. The number of aryl methyl sites for hydroxylation is 1. The van der Waals surface area contributed by atoms with Gasteiger partial charge in [0, 0.05) is 5.56 Å². The molecular formula is C13H18O. The summed E-state index contributed by atoms with van der Waals surface area (Å²) >= 11 is 0. The molecule has 0 unspecified atom stereocenters. The first-order valence-electron chi connectivity index (χ1n) is 5.22. The van der Waals surface area contributed by atoms with Gasteiger partial charge in [-0.2, -0.15) is 0 Å². The lowest BCUT2D eigenvalue weighted by Gasteiger charge is -2.02. The number of hydrogen-bond donors (Lipinski definition) is 1. The van der Waals surface area contributed by atoms with Crippen LogP contribution in [0.25, 0.3) is 5.76 Å². The maximum atomic E-state index is 9.46. The van der Waals surface area contributed by atoms with Crippen molar-refractivity contribution >= 4 is 5.76 Å². The second-order valence-corrected chi connectivity index (χ2v) is 3.47. The Labute approximate surface area is 86.1 Å². The molecule has 76 valence electrons. The molecule has 0 heterocycles. The van der Waals surface area contributed by atoms with E-state index < -0.39 is 0 Å². The third-order valence-corrected chi connectivity index (χ3v) is 2.34. The lowest BCUT2D eigenvalue weighted by Crippen LogP contribution is -1.86. The van der Waals surface area contributed by atoms with Gasteiger partial charge in [0.15, 0.2) is 0 Å². The molecule has 1 N–H and O–H groups in total. The molecule has 0 spiro atoms. The third-order valence-electron chi connectivity index (χ3n) is 2.34. The minimum absolute atomic E-state index is 0.354. The fourth-order valence-electron chi connectivity index (χ4n) is 1.39. The highest BCUT2D eigenvalue weighted by atomic mass is 16.3. The molecular weight excluding hydrogens is 172 g/mol. The van der Waals surface area contributed by atoms with Crippen molar-refractivity contribution in [2.75, 3.05) is 0 Å². The molecule has 0 aromatic heterocycles. The summed E-state index contributed by atoms with van der Waals surface area (Å²) in [4.78, 5) is 0. The predicted octanol–water partition coefficient (Wildman–Crippen LogP) is 3.95. The summed E-state index contributed by atoms with van der Waals surface area (Å²) in [5.74, 6) is 0.354. The molecule has 0 bridgehead atoms. The molecule has 0 aliphatic rings. The van der Waals surface area contributed by atoms with E-state index >= 15 is 0 Å². The molecule has 1 rings (SSSR count). The maximum Gasteiger partial charge on any atom is 0.118 e. The number of benzene rings is 1. The molecule has 1 heteroatoms. The quantitative estimate of drug-likeness (QED) is 0.713. The molecule has 0 aliphatic heterocycles. The van der Waals surface area contributed by atoms with Gasteiger partial charge < -0.3 is 5.11 Å². The van der Waals surface area contributed by atoms with Gasteiger partial charge in [-0.05, 0) is 31.4 Å². The summed E-state index contributed by atoms with van der Waals surface area (Å²) in [6, 6.07) is 8.12. The topological polar surface area (TPSA) is 20.2 Å². The van der Waals surface area contributed by atoms with Crippen molar-refractivity contribution < 1.29 is 5.11 Å². The fourth-order valence-corrected chi connectivity index (χ4v) is 1.39. The van der Waals surface area contributed by atoms with Gasteiger partial charge in [-0.1, -0.05) is 37.6 Å². The predicted molar refractivity (Wildman–Crippen MR) is 61.3 cm³/mol. The Morgan fingerprint density at radius 3 is 2.43 bits per heavy atom. The number of hydrogen-bond acceptors (Lipinski definition) is 1. The van der Waals surface area contributed by atoms with Crippen LogP contribution in [0.2, 0.25) is 0 Å². The smallest absolute Gasteiger partial charge is 0.118 e. The second-order valence-electron chi connectivity index (χ2n) is 3.47. The zero-order chi connectivity index (χ0) is 10.4. The first-order chi connectivity index (χ1) is 6.77. The van der Waals surface area contributed by atoms with Crippen LogP contribution in [0.1, 0.15) is 37.8 Å². The molecule has 0 aliphatic carbocycles. The van der Waals surface area contributed by atoms with Gasteiger partial charge in [0.25, 0.3) is 0 Å². The largest absolute Gasteiger partial charge is 0.508 e. The fraction of sp³-hybridized carbons (Fsp3) is 0.385. The SMILES string of the molecule is CC=C(O)c1ccc(CCCC)cc1. The Kier molecular flexibility index (Phi) is 4.24. The molecule has 0 fully saturated rings. The van der Waals surface area contributed by atoms with Crippen LogP contribution in [0.3, 0.4) is 0 Å². The standard InChI is InChI=1S/C13H18O/c1-3-5-6-11-7-9-12(10-8-11)13(14)4-2/h4,7-10,14H,3,5-6H2,1-2H3. The molecule has 0 saturated heterocycles. The lowest BCUT2D eigenvalue weighted by atomic mass is 10.1. The zero-order valence-electron chi connectivity index (χ0n) is 8.96. The van der Waals surface area contributed by atoms with Gasteiger partial charge in [0.05, 0.1) is 0 Å². The molecule has 0 atom stereocenters. The summed E-state index contributed by atoms with van der Waals surface area (Å²) in [5, 5.41) is 9.46. The molecule has 0 amide bonds. The first kappa shape index (κ1) is 10.8. The number of aliphatic hydroxyl groups is 1. The summed E-state index contributed by atoms with van der Waals surface area (Å²) in [7, 11) is 0. The zero-order valence-corrected chi connectivity index (χ0v) is 8.96.